The first kappa shape index (κ1) is 30.6. The molecule has 4 rings (SSSR count). The third-order valence-electron chi connectivity index (χ3n) is 6.11. The molecule has 0 bridgehead atoms. The van der Waals surface area contributed by atoms with Crippen LogP contribution in [-0.2, 0) is 16.0 Å². The zero-order chi connectivity index (χ0) is 29.2. The molecule has 2 aromatic carbocycles. The number of ether oxygens (including phenoxy) is 2. The molecule has 0 saturated carbocycles. The van der Waals surface area contributed by atoms with Crippen LogP contribution in [-0.4, -0.2) is 54.3 Å². The minimum absolute atomic E-state index is 0.0724. The van der Waals surface area contributed by atoms with Gasteiger partial charge >= 0.3 is 12.1 Å². The number of rotatable bonds is 5. The number of halogens is 4. The highest BCUT2D eigenvalue weighted by Gasteiger charge is 2.51. The van der Waals surface area contributed by atoms with Crippen LogP contribution in [0.15, 0.2) is 54.6 Å². The van der Waals surface area contributed by atoms with Gasteiger partial charge in [0.05, 0.1) is 12.8 Å². The average molecular weight is 587 g/mol. The molecule has 0 unspecified atom stereocenters. The summed E-state index contributed by atoms with van der Waals surface area (Å²) in [7, 11) is 1.65. The first-order valence-corrected chi connectivity index (χ1v) is 13.5. The molecule has 1 fully saturated rings. The molecular formula is C27H30ClF3N2O5S. The Hall–Kier alpha value is -2.89. The summed E-state index contributed by atoms with van der Waals surface area (Å²) in [6.45, 7) is 8.19. The average Bonchev–Trinajstić information content (AvgIpc) is 3.25. The molecule has 0 aliphatic carbocycles. The Kier molecular flexibility index (Phi) is 9.19. The highest BCUT2D eigenvalue weighted by atomic mass is 35.5. The molecule has 1 saturated heterocycles. The number of hydrogen-bond acceptors (Lipinski definition) is 5. The zero-order valence-electron chi connectivity index (χ0n) is 22.1. The van der Waals surface area contributed by atoms with Crippen LogP contribution in [0.2, 0.25) is 5.02 Å². The molecule has 0 radical (unpaired) electrons. The Labute approximate surface area is 233 Å². The smallest absolute Gasteiger partial charge is 0.490 e. The van der Waals surface area contributed by atoms with Crippen molar-refractivity contribution in [2.75, 3.05) is 7.11 Å². The molecule has 0 spiro atoms. The van der Waals surface area contributed by atoms with Crippen molar-refractivity contribution in [3.63, 3.8) is 0 Å². The van der Waals surface area contributed by atoms with Gasteiger partial charge in [0.2, 0.25) is 5.88 Å². The Balaban J connectivity index is 0.000000532. The van der Waals surface area contributed by atoms with Gasteiger partial charge in [-0.2, -0.15) is 13.2 Å². The summed E-state index contributed by atoms with van der Waals surface area (Å²) in [5.74, 6) is -1.51. The number of hydrogen-bond donors (Lipinski definition) is 1. The molecule has 1 aliphatic rings. The van der Waals surface area contributed by atoms with E-state index in [2.05, 4.69) is 0 Å². The molecule has 212 valence electrons. The van der Waals surface area contributed by atoms with E-state index >= 15 is 0 Å². The Morgan fingerprint density at radius 1 is 1.10 bits per heavy atom. The lowest BCUT2D eigenvalue weighted by atomic mass is 9.95. The minimum atomic E-state index is -5.08. The van der Waals surface area contributed by atoms with Crippen molar-refractivity contribution in [2.24, 2.45) is 0 Å². The van der Waals surface area contributed by atoms with Crippen molar-refractivity contribution in [3.8, 4) is 28.6 Å². The SMILES string of the molecule is COc1ccccc1-n1nc(OC2CC(C)(C)[S+]([O-])C(C)(C)C2)cc1-c1ccc(Cl)cc1.O=C(O)C(F)(F)F. The highest BCUT2D eigenvalue weighted by molar-refractivity contribution is 7.94. The fourth-order valence-corrected chi connectivity index (χ4v) is 6.85. The van der Waals surface area contributed by atoms with Gasteiger partial charge in [-0.3, -0.25) is 0 Å². The monoisotopic (exact) mass is 586 g/mol. The predicted molar refractivity (Wildman–Crippen MR) is 144 cm³/mol. The molecule has 1 aliphatic heterocycles. The van der Waals surface area contributed by atoms with Gasteiger partial charge in [0, 0.05) is 29.5 Å². The summed E-state index contributed by atoms with van der Waals surface area (Å²) in [6.07, 6.45) is -3.74. The van der Waals surface area contributed by atoms with E-state index < -0.39 is 23.3 Å². The van der Waals surface area contributed by atoms with Crippen LogP contribution in [0.1, 0.15) is 40.5 Å². The quantitative estimate of drug-likeness (QED) is 0.335. The number of carbonyl (C=O) groups is 1. The number of carboxylic acid groups (broad SMARTS) is 1. The van der Waals surface area contributed by atoms with Gasteiger partial charge < -0.3 is 19.1 Å². The molecule has 0 amide bonds. The molecule has 1 aromatic heterocycles. The summed E-state index contributed by atoms with van der Waals surface area (Å²) >= 11 is 5.17. The van der Waals surface area contributed by atoms with E-state index in [1.807, 2.05) is 87.0 Å². The minimum Gasteiger partial charge on any atom is -0.616 e. The van der Waals surface area contributed by atoms with Gasteiger partial charge in [-0.25, -0.2) is 9.48 Å². The number of aromatic nitrogens is 2. The van der Waals surface area contributed by atoms with Crippen molar-refractivity contribution in [1.82, 2.24) is 9.78 Å². The largest absolute Gasteiger partial charge is 0.616 e. The van der Waals surface area contributed by atoms with Crippen molar-refractivity contribution in [1.29, 1.82) is 0 Å². The van der Waals surface area contributed by atoms with Gasteiger partial charge in [-0.1, -0.05) is 35.9 Å². The van der Waals surface area contributed by atoms with Crippen LogP contribution < -0.4 is 9.47 Å². The maximum absolute atomic E-state index is 12.9. The third kappa shape index (κ3) is 7.40. The fraction of sp³-hybridized carbons (Fsp3) is 0.407. The number of carboxylic acids is 1. The fourth-order valence-electron chi connectivity index (χ4n) is 4.55. The molecule has 0 atom stereocenters. The molecule has 2 heterocycles. The summed E-state index contributed by atoms with van der Waals surface area (Å²) in [6, 6.07) is 17.3. The van der Waals surface area contributed by atoms with E-state index in [0.29, 0.717) is 29.5 Å². The van der Waals surface area contributed by atoms with Gasteiger partial charge in [-0.05, 0) is 63.1 Å². The van der Waals surface area contributed by atoms with E-state index in [9.17, 15) is 17.7 Å². The molecular weight excluding hydrogens is 557 g/mol. The summed E-state index contributed by atoms with van der Waals surface area (Å²) in [4.78, 5) is 8.90. The van der Waals surface area contributed by atoms with Gasteiger partial charge in [-0.15, -0.1) is 5.10 Å². The second-order valence-corrected chi connectivity index (χ2v) is 13.4. The van der Waals surface area contributed by atoms with Crippen molar-refractivity contribution in [2.45, 2.75) is 62.3 Å². The van der Waals surface area contributed by atoms with Crippen LogP contribution >= 0.6 is 11.6 Å². The van der Waals surface area contributed by atoms with Crippen molar-refractivity contribution in [3.05, 3.63) is 59.6 Å². The summed E-state index contributed by atoms with van der Waals surface area (Å²) in [5.41, 5.74) is 2.66. The zero-order valence-corrected chi connectivity index (χ0v) is 23.7. The van der Waals surface area contributed by atoms with Crippen molar-refractivity contribution >= 4 is 28.7 Å². The van der Waals surface area contributed by atoms with Gasteiger partial charge in [0.1, 0.15) is 27.0 Å². The molecule has 1 N–H and O–H groups in total. The lowest BCUT2D eigenvalue weighted by Gasteiger charge is -2.46. The standard InChI is InChI=1S/C25H29ClN2O3S.C2HF3O2/c1-24(2)15-19(16-25(3,4)32(24)29)31-23-14-21(17-10-12-18(26)13-11-17)28(27-23)20-8-6-7-9-22(20)30-5;3-2(4,5)1(6)7/h6-14,19H,15-16H2,1-5H3;(H,6,7). The Bertz CT molecular complexity index is 1280. The molecule has 7 nitrogen and oxygen atoms in total. The normalized spacial score (nSPS) is 19.9. The number of methoxy groups -OCH3 is 1. The van der Waals surface area contributed by atoms with Crippen LogP contribution in [0.5, 0.6) is 11.6 Å². The second kappa shape index (κ2) is 11.7. The topological polar surface area (TPSA) is 96.6 Å². The summed E-state index contributed by atoms with van der Waals surface area (Å²) in [5, 5.41) is 12.6. The van der Waals surface area contributed by atoms with E-state index in [-0.39, 0.29) is 15.6 Å². The van der Waals surface area contributed by atoms with Crippen LogP contribution in [0.25, 0.3) is 16.9 Å². The van der Waals surface area contributed by atoms with Crippen LogP contribution in [0.4, 0.5) is 13.2 Å². The van der Waals surface area contributed by atoms with E-state index in [1.165, 1.54) is 0 Å². The number of para-hydroxylation sites is 2. The maximum atomic E-state index is 12.9. The molecule has 39 heavy (non-hydrogen) atoms. The Morgan fingerprint density at radius 3 is 2.15 bits per heavy atom. The molecule has 3 aromatic rings. The Morgan fingerprint density at radius 2 is 1.64 bits per heavy atom. The summed E-state index contributed by atoms with van der Waals surface area (Å²) < 4.78 is 57.8. The van der Waals surface area contributed by atoms with Crippen LogP contribution in [0.3, 0.4) is 0 Å². The number of aliphatic carboxylic acids is 1. The first-order valence-electron chi connectivity index (χ1n) is 11.9. The third-order valence-corrected chi connectivity index (χ3v) is 8.71. The predicted octanol–water partition coefficient (Wildman–Crippen LogP) is 6.68. The van der Waals surface area contributed by atoms with Crippen LogP contribution in [0, 0.1) is 0 Å². The van der Waals surface area contributed by atoms with E-state index in [0.717, 1.165) is 16.9 Å². The molecule has 12 heteroatoms. The van der Waals surface area contributed by atoms with Gasteiger partial charge in [0.25, 0.3) is 0 Å². The lowest BCUT2D eigenvalue weighted by Crippen LogP contribution is -2.55. The van der Waals surface area contributed by atoms with E-state index in [1.54, 1.807) is 7.11 Å². The van der Waals surface area contributed by atoms with Crippen molar-refractivity contribution < 1.29 is 37.1 Å². The van der Waals surface area contributed by atoms with E-state index in [4.69, 9.17) is 36.1 Å². The second-order valence-electron chi connectivity index (χ2n) is 10.2. The number of benzene rings is 2. The lowest BCUT2D eigenvalue weighted by molar-refractivity contribution is -0.192. The number of nitrogens with zero attached hydrogens (tertiary/aromatic N) is 2. The maximum Gasteiger partial charge on any atom is 0.490 e. The van der Waals surface area contributed by atoms with Gasteiger partial charge in [0.15, 0.2) is 0 Å². The highest BCUT2D eigenvalue weighted by Crippen LogP contribution is 2.43. The first-order chi connectivity index (χ1) is 18.0. The number of alkyl halides is 3.